The highest BCUT2D eigenvalue weighted by Crippen LogP contribution is 2.34. The predicted molar refractivity (Wildman–Crippen MR) is 144 cm³/mol. The first-order chi connectivity index (χ1) is 18.6. The summed E-state index contributed by atoms with van der Waals surface area (Å²) in [4.78, 5) is 27.4. The van der Waals surface area contributed by atoms with Gasteiger partial charge in [-0.25, -0.2) is 15.0 Å². The molecule has 1 aliphatic carbocycles. The Bertz CT molecular complexity index is 1520. The molecule has 3 N–H and O–H groups in total. The highest BCUT2D eigenvalue weighted by molar-refractivity contribution is 6.33. The van der Waals surface area contributed by atoms with Crippen LogP contribution in [0.25, 0.3) is 5.82 Å². The van der Waals surface area contributed by atoms with Crippen molar-refractivity contribution in [2.45, 2.75) is 25.1 Å². The molecule has 0 saturated heterocycles. The maximum atomic E-state index is 13.4. The molecule has 0 radical (unpaired) electrons. The highest BCUT2D eigenvalue weighted by Gasteiger charge is 2.32. The van der Waals surface area contributed by atoms with Crippen molar-refractivity contribution in [3.05, 3.63) is 77.3 Å². The van der Waals surface area contributed by atoms with Crippen LogP contribution in [-0.4, -0.2) is 45.6 Å². The second-order valence-corrected chi connectivity index (χ2v) is 9.64. The molecule has 1 aliphatic rings. The Morgan fingerprint density at radius 3 is 2.59 bits per heavy atom. The van der Waals surface area contributed by atoms with Gasteiger partial charge in [-0.2, -0.15) is 13.2 Å². The number of rotatable bonds is 8. The summed E-state index contributed by atoms with van der Waals surface area (Å²) in [7, 11) is 3.20. The van der Waals surface area contributed by atoms with Gasteiger partial charge in [0.05, 0.1) is 16.3 Å². The van der Waals surface area contributed by atoms with E-state index in [0.29, 0.717) is 40.0 Å². The molecule has 39 heavy (non-hydrogen) atoms. The van der Waals surface area contributed by atoms with Gasteiger partial charge in [0.1, 0.15) is 18.0 Å². The summed E-state index contributed by atoms with van der Waals surface area (Å²) in [5.74, 6) is 0.993. The van der Waals surface area contributed by atoms with E-state index in [1.165, 1.54) is 17.3 Å². The zero-order valence-corrected chi connectivity index (χ0v) is 21.7. The largest absolute Gasteiger partial charge is 0.416 e. The van der Waals surface area contributed by atoms with Crippen LogP contribution in [0.1, 0.15) is 28.8 Å². The number of imidazole rings is 1. The predicted octanol–water partition coefficient (Wildman–Crippen LogP) is 5.97. The normalized spacial score (nSPS) is 13.2. The Kier molecular flexibility index (Phi) is 7.04. The topological polar surface area (TPSA) is 100 Å². The maximum absolute atomic E-state index is 13.4. The van der Waals surface area contributed by atoms with Gasteiger partial charge in [-0.05, 0) is 49.2 Å². The van der Waals surface area contributed by atoms with Gasteiger partial charge in [-0.15, -0.1) is 0 Å². The van der Waals surface area contributed by atoms with E-state index >= 15 is 0 Å². The van der Waals surface area contributed by atoms with E-state index < -0.39 is 17.6 Å². The highest BCUT2D eigenvalue weighted by atomic mass is 35.5. The van der Waals surface area contributed by atoms with E-state index in [0.717, 1.165) is 25.0 Å². The van der Waals surface area contributed by atoms with Crippen molar-refractivity contribution in [3.8, 4) is 5.82 Å². The van der Waals surface area contributed by atoms with Crippen LogP contribution < -0.4 is 20.9 Å². The first kappa shape index (κ1) is 26.3. The molecule has 9 nitrogen and oxygen atoms in total. The Labute approximate surface area is 227 Å². The number of anilines is 5. The number of hydrogen-bond acceptors (Lipinski definition) is 7. The van der Waals surface area contributed by atoms with Gasteiger partial charge in [0.25, 0.3) is 5.91 Å². The van der Waals surface area contributed by atoms with Crippen LogP contribution in [0.2, 0.25) is 5.02 Å². The van der Waals surface area contributed by atoms with Gasteiger partial charge in [0, 0.05) is 55.5 Å². The zero-order chi connectivity index (χ0) is 27.7. The third-order valence-corrected chi connectivity index (χ3v) is 6.29. The van der Waals surface area contributed by atoms with Crippen LogP contribution in [-0.2, 0) is 6.18 Å². The monoisotopic (exact) mass is 556 g/mol. The summed E-state index contributed by atoms with van der Waals surface area (Å²) < 4.78 is 42.0. The second kappa shape index (κ2) is 10.4. The van der Waals surface area contributed by atoms with Crippen molar-refractivity contribution in [2.75, 3.05) is 34.9 Å². The molecule has 0 aliphatic heterocycles. The molecule has 2 heterocycles. The quantitative estimate of drug-likeness (QED) is 0.246. The molecule has 1 saturated carbocycles. The Balaban J connectivity index is 1.37. The van der Waals surface area contributed by atoms with Crippen molar-refractivity contribution >= 4 is 46.3 Å². The number of hydrogen-bond donors (Lipinski definition) is 3. The lowest BCUT2D eigenvalue weighted by Crippen LogP contribution is -2.17. The molecule has 0 unspecified atom stereocenters. The van der Waals surface area contributed by atoms with Gasteiger partial charge < -0.3 is 20.9 Å². The lowest BCUT2D eigenvalue weighted by Gasteiger charge is -2.17. The molecular weight excluding hydrogens is 533 g/mol. The van der Waals surface area contributed by atoms with Crippen molar-refractivity contribution in [1.82, 2.24) is 19.5 Å². The summed E-state index contributed by atoms with van der Waals surface area (Å²) in [6.45, 7) is 0. The fourth-order valence-corrected chi connectivity index (χ4v) is 3.93. The van der Waals surface area contributed by atoms with Gasteiger partial charge in [0.15, 0.2) is 0 Å². The minimum atomic E-state index is -4.60. The van der Waals surface area contributed by atoms with Gasteiger partial charge in [-0.3, -0.25) is 9.36 Å². The van der Waals surface area contributed by atoms with Gasteiger partial charge in [0.2, 0.25) is 5.95 Å². The van der Waals surface area contributed by atoms with Crippen molar-refractivity contribution in [2.24, 2.45) is 0 Å². The number of amides is 1. The minimum absolute atomic E-state index is 0.132. The third kappa shape index (κ3) is 6.23. The molecule has 1 fully saturated rings. The van der Waals surface area contributed by atoms with Crippen molar-refractivity contribution in [3.63, 3.8) is 0 Å². The van der Waals surface area contributed by atoms with Crippen LogP contribution in [0.5, 0.6) is 0 Å². The second-order valence-electron chi connectivity index (χ2n) is 9.24. The number of alkyl halides is 3. The Morgan fingerprint density at radius 1 is 1.08 bits per heavy atom. The van der Waals surface area contributed by atoms with E-state index in [-0.39, 0.29) is 11.3 Å². The fourth-order valence-electron chi connectivity index (χ4n) is 3.76. The standard InChI is InChI=1S/C26H24ClF3N8O/c1-37(2)19-10-15(9-16(11-19)26(28,29)30)24(39)35-18-5-6-20(27)21(12-18)36-25-31-7-8-38(25)23-13-22(32-14-33-23)34-17-3-4-17/h5-14,17H,3-4H2,1-2H3,(H,31,36)(H,35,39)(H,32,33,34). The lowest BCUT2D eigenvalue weighted by atomic mass is 10.1. The Morgan fingerprint density at radius 2 is 1.87 bits per heavy atom. The molecule has 0 spiro atoms. The zero-order valence-electron chi connectivity index (χ0n) is 20.9. The lowest BCUT2D eigenvalue weighted by molar-refractivity contribution is -0.137. The van der Waals surface area contributed by atoms with Crippen LogP contribution in [0, 0.1) is 0 Å². The Hall–Kier alpha value is -4.32. The van der Waals surface area contributed by atoms with E-state index in [9.17, 15) is 18.0 Å². The molecule has 2 aromatic heterocycles. The average Bonchev–Trinajstić information content (AvgIpc) is 3.59. The number of nitrogens with zero attached hydrogens (tertiary/aromatic N) is 5. The SMILES string of the molecule is CN(C)c1cc(C(=O)Nc2ccc(Cl)c(Nc3nccn3-c3cc(NC4CC4)ncn3)c2)cc(C(F)(F)F)c1. The van der Waals surface area contributed by atoms with Crippen LogP contribution in [0.3, 0.4) is 0 Å². The van der Waals surface area contributed by atoms with E-state index in [1.54, 1.807) is 55.3 Å². The molecule has 13 heteroatoms. The molecule has 0 atom stereocenters. The van der Waals surface area contributed by atoms with Gasteiger partial charge >= 0.3 is 6.18 Å². The first-order valence-corrected chi connectivity index (χ1v) is 12.3. The van der Waals surface area contributed by atoms with E-state index in [4.69, 9.17) is 11.6 Å². The third-order valence-electron chi connectivity index (χ3n) is 5.96. The van der Waals surface area contributed by atoms with Crippen LogP contribution in [0.15, 0.2) is 61.2 Å². The molecule has 5 rings (SSSR count). The summed E-state index contributed by atoms with van der Waals surface area (Å²) in [6, 6.07) is 10.1. The fraction of sp³-hybridized carbons (Fsp3) is 0.231. The number of carbonyl (C=O) groups excluding carboxylic acids is 1. The van der Waals surface area contributed by atoms with Crippen LogP contribution >= 0.6 is 11.6 Å². The summed E-state index contributed by atoms with van der Waals surface area (Å²) in [5.41, 5.74) is -0.0464. The minimum Gasteiger partial charge on any atom is -0.378 e. The summed E-state index contributed by atoms with van der Waals surface area (Å²) in [6.07, 6.45) is 2.39. The molecule has 4 aromatic rings. The molecular formula is C26H24ClF3N8O. The van der Waals surface area contributed by atoms with Crippen molar-refractivity contribution < 1.29 is 18.0 Å². The number of nitrogens with one attached hydrogen (secondary N) is 3. The molecule has 0 bridgehead atoms. The number of benzene rings is 2. The summed E-state index contributed by atoms with van der Waals surface area (Å²) in [5, 5.41) is 9.45. The molecule has 202 valence electrons. The number of halogens is 4. The van der Waals surface area contributed by atoms with Crippen LogP contribution in [0.4, 0.5) is 42.0 Å². The first-order valence-electron chi connectivity index (χ1n) is 12.0. The average molecular weight is 557 g/mol. The summed E-state index contributed by atoms with van der Waals surface area (Å²) >= 11 is 6.40. The molecule has 1 amide bonds. The van der Waals surface area contributed by atoms with E-state index in [1.807, 2.05) is 0 Å². The number of carbonyl (C=O) groups is 1. The number of aromatic nitrogens is 4. The van der Waals surface area contributed by atoms with Crippen molar-refractivity contribution in [1.29, 1.82) is 0 Å². The maximum Gasteiger partial charge on any atom is 0.416 e. The van der Waals surface area contributed by atoms with E-state index in [2.05, 4.69) is 30.9 Å². The van der Waals surface area contributed by atoms with Gasteiger partial charge in [-0.1, -0.05) is 11.6 Å². The smallest absolute Gasteiger partial charge is 0.378 e. The molecule has 2 aromatic carbocycles.